The van der Waals surface area contributed by atoms with Gasteiger partial charge in [-0.25, -0.2) is 9.37 Å². The summed E-state index contributed by atoms with van der Waals surface area (Å²) in [4.78, 5) is 6.71. The lowest BCUT2D eigenvalue weighted by atomic mass is 10.1. The van der Waals surface area contributed by atoms with Gasteiger partial charge in [0.1, 0.15) is 16.6 Å². The van der Waals surface area contributed by atoms with E-state index in [1.54, 1.807) is 6.20 Å². The van der Waals surface area contributed by atoms with Gasteiger partial charge < -0.3 is 10.6 Å². The predicted octanol–water partition coefficient (Wildman–Crippen LogP) is 2.86. The molecule has 20 heavy (non-hydrogen) atoms. The molecule has 0 spiro atoms. The lowest BCUT2D eigenvalue weighted by molar-refractivity contribution is 0.628. The molecular weight excluding hydrogens is 273 g/mol. The molecule has 0 amide bonds. The number of fused-ring (bicyclic) bond motifs is 1. The van der Waals surface area contributed by atoms with Gasteiger partial charge in [0.15, 0.2) is 0 Å². The Kier molecular flexibility index (Phi) is 3.14. The summed E-state index contributed by atoms with van der Waals surface area (Å²) in [6.07, 6.45) is 2.59. The van der Waals surface area contributed by atoms with E-state index >= 15 is 0 Å². The van der Waals surface area contributed by atoms with Crippen LogP contribution in [0, 0.1) is 12.7 Å². The minimum atomic E-state index is -0.250. The minimum Gasteiger partial charge on any atom is -0.389 e. The number of nitrogens with zero attached hydrogens (tertiary/aromatic N) is 2. The topological polar surface area (TPSA) is 42.2 Å². The Morgan fingerprint density at radius 1 is 1.40 bits per heavy atom. The molecule has 1 aliphatic rings. The maximum atomic E-state index is 13.5. The smallest absolute Gasteiger partial charge is 0.143 e. The molecule has 0 saturated heterocycles. The number of hydrogen-bond donors (Lipinski definition) is 1. The fourth-order valence-corrected chi connectivity index (χ4v) is 2.88. The number of benzene rings is 1. The van der Waals surface area contributed by atoms with Crippen LogP contribution in [0.15, 0.2) is 30.5 Å². The van der Waals surface area contributed by atoms with E-state index in [1.165, 1.54) is 12.1 Å². The summed E-state index contributed by atoms with van der Waals surface area (Å²) in [5.74, 6) is 0.460. The number of hydrogen-bond acceptors (Lipinski definition) is 3. The molecule has 1 aliphatic heterocycles. The molecule has 5 heteroatoms. The zero-order valence-electron chi connectivity index (χ0n) is 11.1. The number of anilines is 2. The molecule has 2 aromatic rings. The van der Waals surface area contributed by atoms with E-state index in [0.717, 1.165) is 35.3 Å². The first-order valence-corrected chi connectivity index (χ1v) is 6.80. The fraction of sp³-hybridized carbons (Fsp3) is 0.200. The average molecular weight is 287 g/mol. The third kappa shape index (κ3) is 2.04. The van der Waals surface area contributed by atoms with Crippen molar-refractivity contribution >= 4 is 28.7 Å². The number of nitrogens with two attached hydrogens (primary N) is 1. The molecule has 0 unspecified atom stereocenters. The van der Waals surface area contributed by atoms with Gasteiger partial charge >= 0.3 is 0 Å². The van der Waals surface area contributed by atoms with Crippen LogP contribution in [0.2, 0.25) is 0 Å². The molecule has 102 valence electrons. The second-order valence-corrected chi connectivity index (χ2v) is 5.31. The third-order valence-electron chi connectivity index (χ3n) is 3.58. The highest BCUT2D eigenvalue weighted by Gasteiger charge is 2.25. The number of aromatic nitrogens is 1. The van der Waals surface area contributed by atoms with Crippen molar-refractivity contribution < 1.29 is 4.39 Å². The van der Waals surface area contributed by atoms with Crippen molar-refractivity contribution in [2.24, 2.45) is 5.73 Å². The summed E-state index contributed by atoms with van der Waals surface area (Å²) in [5, 5.41) is 0. The Hall–Kier alpha value is -2.01. The molecule has 0 saturated carbocycles. The molecule has 0 radical (unpaired) electrons. The maximum absolute atomic E-state index is 13.5. The van der Waals surface area contributed by atoms with Crippen LogP contribution >= 0.6 is 12.2 Å². The SMILES string of the molecule is Cc1ccnc(N2CCc3ccc(F)cc32)c1C(N)=S. The Balaban J connectivity index is 2.16. The predicted molar refractivity (Wildman–Crippen MR) is 82.0 cm³/mol. The van der Waals surface area contributed by atoms with E-state index in [2.05, 4.69) is 4.98 Å². The molecule has 1 aromatic heterocycles. The first kappa shape index (κ1) is 13.0. The quantitative estimate of drug-likeness (QED) is 0.862. The molecule has 1 aromatic carbocycles. The van der Waals surface area contributed by atoms with E-state index in [1.807, 2.05) is 24.0 Å². The molecule has 0 bridgehead atoms. The highest BCUT2D eigenvalue weighted by atomic mass is 32.1. The van der Waals surface area contributed by atoms with Crippen LogP contribution in [0.25, 0.3) is 0 Å². The van der Waals surface area contributed by atoms with E-state index in [4.69, 9.17) is 18.0 Å². The zero-order chi connectivity index (χ0) is 14.3. The molecular formula is C15H14FN3S. The normalized spacial score (nSPS) is 13.4. The fourth-order valence-electron chi connectivity index (χ4n) is 2.63. The molecule has 0 aliphatic carbocycles. The van der Waals surface area contributed by atoms with Gasteiger partial charge in [-0.15, -0.1) is 0 Å². The summed E-state index contributed by atoms with van der Waals surface area (Å²) >= 11 is 5.13. The van der Waals surface area contributed by atoms with Gasteiger partial charge in [0, 0.05) is 18.4 Å². The van der Waals surface area contributed by atoms with Crippen molar-refractivity contribution in [1.29, 1.82) is 0 Å². The van der Waals surface area contributed by atoms with Crippen molar-refractivity contribution in [1.82, 2.24) is 4.98 Å². The van der Waals surface area contributed by atoms with E-state index in [0.29, 0.717) is 10.8 Å². The van der Waals surface area contributed by atoms with Crippen LogP contribution in [0.1, 0.15) is 16.7 Å². The zero-order valence-corrected chi connectivity index (χ0v) is 11.9. The molecule has 3 nitrogen and oxygen atoms in total. The first-order chi connectivity index (χ1) is 9.58. The van der Waals surface area contributed by atoms with Gasteiger partial charge in [-0.3, -0.25) is 0 Å². The van der Waals surface area contributed by atoms with E-state index in [-0.39, 0.29) is 5.82 Å². The summed E-state index contributed by atoms with van der Waals surface area (Å²) in [5.41, 5.74) is 9.53. The Morgan fingerprint density at radius 2 is 2.20 bits per heavy atom. The maximum Gasteiger partial charge on any atom is 0.143 e. The monoisotopic (exact) mass is 287 g/mol. The first-order valence-electron chi connectivity index (χ1n) is 6.39. The highest BCUT2D eigenvalue weighted by Crippen LogP contribution is 2.36. The van der Waals surface area contributed by atoms with Gasteiger partial charge in [0.2, 0.25) is 0 Å². The van der Waals surface area contributed by atoms with Crippen molar-refractivity contribution in [2.75, 3.05) is 11.4 Å². The largest absolute Gasteiger partial charge is 0.389 e. The van der Waals surface area contributed by atoms with Crippen molar-refractivity contribution in [3.8, 4) is 0 Å². The van der Waals surface area contributed by atoms with E-state index < -0.39 is 0 Å². The Bertz CT molecular complexity index is 700. The number of pyridine rings is 1. The number of thiocarbonyl (C=S) groups is 1. The summed E-state index contributed by atoms with van der Waals surface area (Å²) in [6.45, 7) is 2.70. The van der Waals surface area contributed by atoms with Gasteiger partial charge in [-0.05, 0) is 42.7 Å². The summed E-state index contributed by atoms with van der Waals surface area (Å²) in [6, 6.07) is 6.72. The van der Waals surface area contributed by atoms with Crippen LogP contribution < -0.4 is 10.6 Å². The molecule has 0 fully saturated rings. The summed E-state index contributed by atoms with van der Waals surface area (Å²) in [7, 11) is 0. The third-order valence-corrected chi connectivity index (χ3v) is 3.79. The second-order valence-electron chi connectivity index (χ2n) is 4.87. The van der Waals surface area contributed by atoms with Crippen LogP contribution in [0.4, 0.5) is 15.9 Å². The molecule has 3 rings (SSSR count). The van der Waals surface area contributed by atoms with Crippen molar-refractivity contribution in [3.05, 3.63) is 53.0 Å². The van der Waals surface area contributed by atoms with Crippen LogP contribution in [-0.4, -0.2) is 16.5 Å². The van der Waals surface area contributed by atoms with Crippen LogP contribution in [0.5, 0.6) is 0 Å². The molecule has 2 N–H and O–H groups in total. The van der Waals surface area contributed by atoms with Gasteiger partial charge in [0.25, 0.3) is 0 Å². The van der Waals surface area contributed by atoms with Crippen molar-refractivity contribution in [2.45, 2.75) is 13.3 Å². The number of rotatable bonds is 2. The van der Waals surface area contributed by atoms with Gasteiger partial charge in [0.05, 0.1) is 5.56 Å². The lowest BCUT2D eigenvalue weighted by Crippen LogP contribution is -2.22. The molecule has 2 heterocycles. The number of aryl methyl sites for hydroxylation is 1. The van der Waals surface area contributed by atoms with Gasteiger partial charge in [-0.1, -0.05) is 18.3 Å². The standard InChI is InChI=1S/C15H14FN3S/c1-9-4-6-18-15(13(9)14(17)20)19-7-5-10-2-3-11(16)8-12(10)19/h2-4,6,8H,5,7H2,1H3,(H2,17,20). The lowest BCUT2D eigenvalue weighted by Gasteiger charge is -2.22. The van der Waals surface area contributed by atoms with Crippen LogP contribution in [0.3, 0.4) is 0 Å². The van der Waals surface area contributed by atoms with Crippen molar-refractivity contribution in [3.63, 3.8) is 0 Å². The van der Waals surface area contributed by atoms with Gasteiger partial charge in [-0.2, -0.15) is 0 Å². The minimum absolute atomic E-state index is 0.250. The van der Waals surface area contributed by atoms with E-state index in [9.17, 15) is 4.39 Å². The second kappa shape index (κ2) is 4.83. The Labute approximate surface area is 122 Å². The average Bonchev–Trinajstić information content (AvgIpc) is 2.80. The van der Waals surface area contributed by atoms with Crippen LogP contribution in [-0.2, 0) is 6.42 Å². The molecule has 0 atom stereocenters. The highest BCUT2D eigenvalue weighted by molar-refractivity contribution is 7.80. The summed E-state index contributed by atoms with van der Waals surface area (Å²) < 4.78 is 13.5. The number of halogens is 1. The Morgan fingerprint density at radius 3 is 2.95 bits per heavy atom.